The van der Waals surface area contributed by atoms with Crippen molar-refractivity contribution in [2.24, 2.45) is 0 Å². The van der Waals surface area contributed by atoms with Gasteiger partial charge in [-0.25, -0.2) is 9.69 Å². The molecule has 0 aromatic heterocycles. The number of ether oxygens (including phenoxy) is 12. The summed E-state index contributed by atoms with van der Waals surface area (Å²) in [6, 6.07) is 60.3. The van der Waals surface area contributed by atoms with E-state index in [1.165, 1.54) is 25.0 Å². The van der Waals surface area contributed by atoms with E-state index in [4.69, 9.17) is 70.0 Å². The Balaban J connectivity index is 1.01. The molecule has 16 nitrogen and oxygen atoms in total. The lowest BCUT2D eigenvalue weighted by atomic mass is 9.72. The van der Waals surface area contributed by atoms with E-state index < -0.39 is 16.2 Å². The quantitative estimate of drug-likeness (QED) is 0.0414. The molecular weight excluding hydrogens is 1220 g/mol. The number of nitriles is 2. The summed E-state index contributed by atoms with van der Waals surface area (Å²) in [4.78, 5) is 7.91. The summed E-state index contributed by atoms with van der Waals surface area (Å²) < 4.78 is 75.1. The van der Waals surface area contributed by atoms with Crippen molar-refractivity contribution >= 4 is 11.4 Å². The Morgan fingerprint density at radius 1 is 0.330 bits per heavy atom. The smallest absolute Gasteiger partial charge is 0.270 e. The molecule has 1 spiro atoms. The van der Waals surface area contributed by atoms with Gasteiger partial charge in [-0.1, -0.05) is 78.3 Å². The number of fused-ring (bicyclic) bond motifs is 4. The maximum atomic E-state index is 11.0. The van der Waals surface area contributed by atoms with E-state index >= 15 is 0 Å². The van der Waals surface area contributed by atoms with E-state index in [1.54, 1.807) is 170 Å². The number of nitrogens with zero attached hydrogens (tertiary/aromatic N) is 4. The summed E-state index contributed by atoms with van der Waals surface area (Å²) in [5.41, 5.74) is 2.03. The van der Waals surface area contributed by atoms with Gasteiger partial charge in [0.25, 0.3) is 11.4 Å². The van der Waals surface area contributed by atoms with Gasteiger partial charge in [0.1, 0.15) is 115 Å². The highest BCUT2D eigenvalue weighted by Gasteiger charge is 2.57. The summed E-state index contributed by atoms with van der Waals surface area (Å²) in [5, 5.41) is 21.9. The van der Waals surface area contributed by atoms with Crippen LogP contribution in [0.1, 0.15) is 73.9 Å². The molecule has 1 atom stereocenters. The van der Waals surface area contributed by atoms with Crippen LogP contribution in [0.25, 0.3) is 9.69 Å². The molecule has 0 fully saturated rings. The minimum absolute atomic E-state index is 0.0747. The number of rotatable bonds is 24. The van der Waals surface area contributed by atoms with Crippen LogP contribution in [0.2, 0.25) is 0 Å². The Morgan fingerprint density at radius 2 is 0.557 bits per heavy atom. The molecule has 0 aliphatic heterocycles. The van der Waals surface area contributed by atoms with Crippen molar-refractivity contribution in [3.05, 3.63) is 302 Å². The molecule has 0 amide bonds. The zero-order chi connectivity index (χ0) is 67.8. The minimum atomic E-state index is -0.802. The minimum Gasteiger partial charge on any atom is -0.468 e. The van der Waals surface area contributed by atoms with E-state index in [0.717, 1.165) is 22.3 Å². The monoisotopic (exact) mass is 1280 g/mol. The van der Waals surface area contributed by atoms with E-state index in [2.05, 4.69) is 75.8 Å². The molecule has 2 aliphatic carbocycles. The van der Waals surface area contributed by atoms with Gasteiger partial charge in [-0.3, -0.25) is 0 Å². The lowest BCUT2D eigenvalue weighted by molar-refractivity contribution is 0.349. The zero-order valence-corrected chi connectivity index (χ0v) is 53.2. The highest BCUT2D eigenvalue weighted by molar-refractivity contribution is 5.73. The zero-order valence-electron chi connectivity index (χ0n) is 53.2. The van der Waals surface area contributed by atoms with Gasteiger partial charge in [0.2, 0.25) is 0 Å². The van der Waals surface area contributed by atoms with E-state index in [1.807, 2.05) is 24.3 Å². The first-order valence-corrected chi connectivity index (χ1v) is 30.5. The van der Waals surface area contributed by atoms with Crippen LogP contribution in [0.3, 0.4) is 0 Å². The molecule has 97 heavy (non-hydrogen) atoms. The molecule has 0 saturated carbocycles. The predicted molar refractivity (Wildman–Crippen MR) is 366 cm³/mol. The first kappa shape index (κ1) is 63.9. The molecule has 12 rings (SSSR count). The summed E-state index contributed by atoms with van der Waals surface area (Å²) >= 11 is 0. The molecule has 2 aliphatic rings. The molecular formula is C81H60N4O12. The van der Waals surface area contributed by atoms with Gasteiger partial charge in [-0.2, -0.15) is 10.5 Å². The average Bonchev–Trinajstić information content (AvgIpc) is 1.52. The Hall–Kier alpha value is -13.3. The Morgan fingerprint density at radius 3 is 0.825 bits per heavy atom. The first-order valence-electron chi connectivity index (χ1n) is 30.5. The molecule has 10 aromatic rings. The van der Waals surface area contributed by atoms with E-state index in [9.17, 15) is 10.5 Å². The third-order valence-corrected chi connectivity index (χ3v) is 16.5. The van der Waals surface area contributed by atoms with Crippen LogP contribution in [0.5, 0.6) is 115 Å². The van der Waals surface area contributed by atoms with Crippen LogP contribution in [-0.4, -0.2) is 0 Å². The molecule has 0 heterocycles. The van der Waals surface area contributed by atoms with Crippen LogP contribution in [0.4, 0.5) is 11.4 Å². The van der Waals surface area contributed by atoms with Gasteiger partial charge in [-0.15, -0.1) is 0 Å². The standard InChI is InChI=1S/C81H60N4O12/c1-11-86-51-27-35-55(36-28-51)90-65-19-15-21-67(59(65)47-82)94-73-43-61-63(45-75(73)95-68-22-16-20-66(60(68)48-83)91-56-37-29-52(30-38-56)87-12-2)81(49-79(61,5)6)50-80(7,8)62-44-74(96-71-25-17-23-69(77(71)84-9)92-57-39-31-53(32-40-57)88-13-3)76(46-64(62)81)97-72-26-18-24-70(78(72)85-10)93-58-41-33-54(34-42-58)89-14-4/h11-46H,1-4,49-50H2,5-8H3. The second-order valence-electron chi connectivity index (χ2n) is 23.6. The summed E-state index contributed by atoms with van der Waals surface area (Å²) in [7, 11) is 0. The van der Waals surface area contributed by atoms with Crippen molar-refractivity contribution < 1.29 is 56.8 Å². The highest BCUT2D eigenvalue weighted by atomic mass is 16.5. The SMILES string of the molecule is [C-]#[N+]c1c(Oc2ccc(OC=C)cc2)cccc1Oc1cc2c(cc1Oc1cccc(Oc3ccc(OC=C)cc3)c1[N+]#[C-])C1(CC(C)(C)c3cc(Oc4cccc(Oc5ccc(OC=C)cc5)c4C#N)c(Oc4cccc(Oc5ccc(OC=C)cc5)c4C#N)cc31)CC2(C)C. The second kappa shape index (κ2) is 27.1. The Bertz CT molecular complexity index is 4590. The lowest BCUT2D eigenvalue weighted by Crippen LogP contribution is -2.27. The maximum Gasteiger partial charge on any atom is 0.270 e. The van der Waals surface area contributed by atoms with Gasteiger partial charge in [0, 0.05) is 5.41 Å². The van der Waals surface area contributed by atoms with Crippen LogP contribution >= 0.6 is 0 Å². The number of hydrogen-bond acceptors (Lipinski definition) is 14. The molecule has 0 bridgehead atoms. The van der Waals surface area contributed by atoms with Gasteiger partial charge in [0.05, 0.1) is 38.2 Å². The number of para-hydroxylation sites is 2. The summed E-state index contributed by atoms with van der Waals surface area (Å²) in [6.07, 6.45) is 6.44. The molecule has 0 N–H and O–H groups in total. The number of hydrogen-bond donors (Lipinski definition) is 0. The average molecular weight is 1280 g/mol. The van der Waals surface area contributed by atoms with Crippen molar-refractivity contribution in [2.75, 3.05) is 0 Å². The van der Waals surface area contributed by atoms with Gasteiger partial charge in [-0.05, 0) is 216 Å². The van der Waals surface area contributed by atoms with Gasteiger partial charge in [0.15, 0.2) is 23.0 Å². The summed E-state index contributed by atoms with van der Waals surface area (Å²) in [6.45, 7) is 40.3. The van der Waals surface area contributed by atoms with Crippen LogP contribution < -0.4 is 56.8 Å². The third-order valence-electron chi connectivity index (χ3n) is 16.5. The second-order valence-corrected chi connectivity index (χ2v) is 23.6. The topological polar surface area (TPSA) is 167 Å². The van der Waals surface area contributed by atoms with E-state index in [-0.39, 0.29) is 91.5 Å². The fourth-order valence-electron chi connectivity index (χ4n) is 12.5. The fraction of sp³-hybridized carbons (Fsp3) is 0.111. The van der Waals surface area contributed by atoms with Crippen LogP contribution in [-0.2, 0) is 16.2 Å². The maximum absolute atomic E-state index is 11.0. The molecule has 1 unspecified atom stereocenters. The van der Waals surface area contributed by atoms with Crippen molar-refractivity contribution in [1.29, 1.82) is 10.5 Å². The van der Waals surface area contributed by atoms with E-state index in [0.29, 0.717) is 58.8 Å². The molecule has 0 radical (unpaired) electrons. The molecule has 16 heteroatoms. The van der Waals surface area contributed by atoms with Crippen LogP contribution in [0, 0.1) is 35.8 Å². The predicted octanol–water partition coefficient (Wildman–Crippen LogP) is 22.6. The molecule has 0 saturated heterocycles. The fourth-order valence-corrected chi connectivity index (χ4v) is 12.5. The Labute approximate surface area is 561 Å². The Kier molecular flexibility index (Phi) is 17.9. The normalized spacial score (nSPS) is 14.0. The van der Waals surface area contributed by atoms with Crippen molar-refractivity contribution in [1.82, 2.24) is 0 Å². The highest BCUT2D eigenvalue weighted by Crippen LogP contribution is 2.66. The summed E-state index contributed by atoms with van der Waals surface area (Å²) in [5.74, 6) is 6.44. The van der Waals surface area contributed by atoms with Crippen molar-refractivity contribution in [2.45, 2.75) is 56.8 Å². The third kappa shape index (κ3) is 13.1. The van der Waals surface area contributed by atoms with Gasteiger partial charge < -0.3 is 56.8 Å². The van der Waals surface area contributed by atoms with Crippen molar-refractivity contribution in [3.63, 3.8) is 0 Å². The molecule has 10 aromatic carbocycles. The lowest BCUT2D eigenvalue weighted by Gasteiger charge is -2.31. The first-order chi connectivity index (χ1) is 47.1. The van der Waals surface area contributed by atoms with Crippen LogP contribution in [0.15, 0.2) is 245 Å². The van der Waals surface area contributed by atoms with Gasteiger partial charge >= 0.3 is 0 Å². The largest absolute Gasteiger partial charge is 0.468 e. The number of benzene rings is 10. The molecule has 476 valence electrons. The van der Waals surface area contributed by atoms with Crippen molar-refractivity contribution in [3.8, 4) is 127 Å².